The molecule has 6 nitrogen and oxygen atoms in total. The Labute approximate surface area is 165 Å². The van der Waals surface area contributed by atoms with Crippen molar-refractivity contribution in [3.8, 4) is 5.75 Å². The summed E-state index contributed by atoms with van der Waals surface area (Å²) in [6.07, 6.45) is 1.82. The van der Waals surface area contributed by atoms with E-state index in [1.165, 1.54) is 12.1 Å². The number of nitrogens with zero attached hydrogens (tertiary/aromatic N) is 2. The number of allylic oxidation sites excluding steroid dienone is 1. The van der Waals surface area contributed by atoms with Gasteiger partial charge in [0.05, 0.1) is 17.1 Å². The number of amides is 1. The first-order valence-electron chi connectivity index (χ1n) is 8.88. The summed E-state index contributed by atoms with van der Waals surface area (Å²) < 4.78 is 18.9. The molecule has 2 aromatic rings. The van der Waals surface area contributed by atoms with Gasteiger partial charge in [0.15, 0.2) is 6.61 Å². The first-order chi connectivity index (χ1) is 13.6. The number of fused-ring (bicyclic) bond motifs is 2. The van der Waals surface area contributed by atoms with Crippen LogP contribution in [0.3, 0.4) is 0 Å². The largest absolute Gasteiger partial charge is 0.482 e. The summed E-state index contributed by atoms with van der Waals surface area (Å²) in [6.45, 7) is 2.01. The van der Waals surface area contributed by atoms with E-state index in [0.717, 1.165) is 22.0 Å². The van der Waals surface area contributed by atoms with E-state index >= 15 is 0 Å². The predicted molar refractivity (Wildman–Crippen MR) is 107 cm³/mol. The molecule has 1 fully saturated rings. The Morgan fingerprint density at radius 1 is 1.21 bits per heavy atom. The van der Waals surface area contributed by atoms with Crippen molar-refractivity contribution in [1.29, 1.82) is 0 Å². The highest BCUT2D eigenvalue weighted by atomic mass is 32.2. The van der Waals surface area contributed by atoms with Gasteiger partial charge in [-0.3, -0.25) is 4.79 Å². The van der Waals surface area contributed by atoms with Gasteiger partial charge in [0.1, 0.15) is 17.6 Å². The van der Waals surface area contributed by atoms with Gasteiger partial charge in [-0.25, -0.2) is 4.39 Å². The lowest BCUT2D eigenvalue weighted by molar-refractivity contribution is -0.118. The molecule has 2 unspecified atom stereocenters. The van der Waals surface area contributed by atoms with Crippen molar-refractivity contribution in [3.05, 3.63) is 71.3 Å². The van der Waals surface area contributed by atoms with Crippen molar-refractivity contribution in [2.24, 2.45) is 4.99 Å². The minimum Gasteiger partial charge on any atom is -0.482 e. The van der Waals surface area contributed by atoms with Gasteiger partial charge in [-0.1, -0.05) is 23.6 Å². The summed E-state index contributed by atoms with van der Waals surface area (Å²) >= 11 is 1.63. The highest BCUT2D eigenvalue weighted by Crippen LogP contribution is 2.47. The Morgan fingerprint density at radius 3 is 2.82 bits per heavy atom. The van der Waals surface area contributed by atoms with Crippen LogP contribution in [0, 0.1) is 5.82 Å². The highest BCUT2D eigenvalue weighted by Gasteiger charge is 2.46. The number of benzene rings is 2. The van der Waals surface area contributed by atoms with Gasteiger partial charge in [0, 0.05) is 11.9 Å². The number of nitrogens with one attached hydrogen (secondary N) is 2. The molecular weight excluding hydrogens is 379 g/mol. The molecule has 3 heterocycles. The number of carbonyl (C=O) groups is 1. The lowest BCUT2D eigenvalue weighted by Gasteiger charge is -2.31. The number of amidine groups is 1. The number of carbonyl (C=O) groups excluding carboxylic acids is 1. The maximum atomic E-state index is 13.5. The molecule has 3 aliphatic heterocycles. The van der Waals surface area contributed by atoms with Gasteiger partial charge < -0.3 is 10.1 Å². The Bertz CT molecular complexity index is 1020. The SMILES string of the molecule is CC1=CN=C2SC(c3ccc4c(c3)NC(=O)CO4)C(c3ccc(F)cc3)N[N+]12. The van der Waals surface area contributed by atoms with Crippen LogP contribution in [0.15, 0.2) is 59.4 Å². The Balaban J connectivity index is 1.54. The Morgan fingerprint density at radius 2 is 2.00 bits per heavy atom. The van der Waals surface area contributed by atoms with Crippen LogP contribution in [-0.4, -0.2) is 17.7 Å². The van der Waals surface area contributed by atoms with E-state index in [4.69, 9.17) is 4.74 Å². The number of ether oxygens (including phenoxy) is 1. The molecule has 0 aromatic heterocycles. The minimum atomic E-state index is -0.267. The van der Waals surface area contributed by atoms with Crippen molar-refractivity contribution in [1.82, 2.24) is 10.4 Å². The molecule has 5 rings (SSSR count). The molecule has 8 heteroatoms. The molecule has 0 spiro atoms. The zero-order valence-corrected chi connectivity index (χ0v) is 15.8. The van der Waals surface area contributed by atoms with Gasteiger partial charge in [-0.2, -0.15) is 4.99 Å². The third-order valence-corrected chi connectivity index (χ3v) is 6.20. The van der Waals surface area contributed by atoms with Gasteiger partial charge in [0.25, 0.3) is 5.91 Å². The van der Waals surface area contributed by atoms with Gasteiger partial charge >= 0.3 is 5.17 Å². The summed E-state index contributed by atoms with van der Waals surface area (Å²) in [7, 11) is 0. The standard InChI is InChI=1S/C20H17FN4O2S/c1-11-9-22-20-25(11)24-18(12-2-5-14(21)6-3-12)19(28-20)13-4-7-16-15(8-13)23-17(26)10-27-16/h2-9,18-19,24H,10H2,1H3,(H,23,26)/q+1. The van der Waals surface area contributed by atoms with Crippen LogP contribution in [0.1, 0.15) is 29.3 Å². The molecule has 0 saturated carbocycles. The Kier molecular flexibility index (Phi) is 4.19. The predicted octanol–water partition coefficient (Wildman–Crippen LogP) is 3.56. The fraction of sp³-hybridized carbons (Fsp3) is 0.200. The lowest BCUT2D eigenvalue weighted by atomic mass is 9.97. The highest BCUT2D eigenvalue weighted by molar-refractivity contribution is 8.14. The smallest absolute Gasteiger partial charge is 0.341 e. The first-order valence-corrected chi connectivity index (χ1v) is 9.76. The number of hydrazine groups is 1. The topological polar surface area (TPSA) is 68.6 Å². The minimum absolute atomic E-state index is 0.0242. The van der Waals surface area contributed by atoms with Crippen LogP contribution in [0.25, 0.3) is 0 Å². The van der Waals surface area contributed by atoms with E-state index in [-0.39, 0.29) is 29.6 Å². The fourth-order valence-electron chi connectivity index (χ4n) is 3.50. The average molecular weight is 396 g/mol. The summed E-state index contributed by atoms with van der Waals surface area (Å²) in [4.78, 5) is 16.2. The van der Waals surface area contributed by atoms with Crippen molar-refractivity contribution in [2.75, 3.05) is 11.9 Å². The molecule has 2 N–H and O–H groups in total. The second-order valence-corrected chi connectivity index (χ2v) is 7.92. The molecule has 1 amide bonds. The molecule has 1 radical (unpaired) electrons. The van der Waals surface area contributed by atoms with Crippen molar-refractivity contribution < 1.29 is 13.9 Å². The summed E-state index contributed by atoms with van der Waals surface area (Å²) in [5.74, 6) is 0.227. The van der Waals surface area contributed by atoms with E-state index in [2.05, 4.69) is 15.7 Å². The van der Waals surface area contributed by atoms with Crippen LogP contribution in [-0.2, 0) is 4.79 Å². The summed E-state index contributed by atoms with van der Waals surface area (Å²) in [5, 5.41) is 5.65. The van der Waals surface area contributed by atoms with E-state index in [0.29, 0.717) is 11.4 Å². The van der Waals surface area contributed by atoms with E-state index < -0.39 is 0 Å². The van der Waals surface area contributed by atoms with Crippen molar-refractivity contribution in [2.45, 2.75) is 18.2 Å². The van der Waals surface area contributed by atoms with Gasteiger partial charge in [-0.15, -0.1) is 0 Å². The summed E-state index contributed by atoms with van der Waals surface area (Å²) in [5.41, 5.74) is 7.16. The van der Waals surface area contributed by atoms with Crippen LogP contribution in [0.4, 0.5) is 10.1 Å². The van der Waals surface area contributed by atoms with Crippen LogP contribution < -0.4 is 20.5 Å². The first kappa shape index (κ1) is 17.4. The quantitative estimate of drug-likeness (QED) is 0.762. The molecule has 141 valence electrons. The Hall–Kier alpha value is -2.68. The zero-order chi connectivity index (χ0) is 19.3. The molecule has 2 atom stereocenters. The molecule has 2 aromatic carbocycles. The fourth-order valence-corrected chi connectivity index (χ4v) is 4.78. The number of anilines is 1. The van der Waals surface area contributed by atoms with Crippen molar-refractivity contribution >= 4 is 28.5 Å². The third kappa shape index (κ3) is 2.99. The molecule has 0 bridgehead atoms. The molecule has 0 aliphatic carbocycles. The second-order valence-electron chi connectivity index (χ2n) is 6.81. The van der Waals surface area contributed by atoms with Gasteiger partial charge in [-0.05, 0) is 47.2 Å². The molecule has 3 aliphatic rings. The monoisotopic (exact) mass is 396 g/mol. The number of halogens is 1. The number of thioether (sulfide) groups is 1. The molecule has 1 saturated heterocycles. The number of rotatable bonds is 2. The van der Waals surface area contributed by atoms with E-state index in [9.17, 15) is 9.18 Å². The molecule has 28 heavy (non-hydrogen) atoms. The van der Waals surface area contributed by atoms with Crippen LogP contribution in [0.5, 0.6) is 5.75 Å². The maximum absolute atomic E-state index is 13.5. The number of aliphatic imine (C=N–C) groups is 1. The van der Waals surface area contributed by atoms with Crippen LogP contribution in [0.2, 0.25) is 0 Å². The van der Waals surface area contributed by atoms with Gasteiger partial charge in [0.2, 0.25) is 5.70 Å². The van der Waals surface area contributed by atoms with E-state index in [1.807, 2.05) is 36.3 Å². The normalized spacial score (nSPS) is 23.9. The van der Waals surface area contributed by atoms with Crippen LogP contribution >= 0.6 is 11.8 Å². The molecular formula is C20H17FN4O2S+. The zero-order valence-electron chi connectivity index (χ0n) is 15.0. The second kappa shape index (κ2) is 6.73. The number of hydrogen-bond acceptors (Lipinski definition) is 6. The average Bonchev–Trinajstić information content (AvgIpc) is 3.07. The lowest BCUT2D eigenvalue weighted by Crippen LogP contribution is -2.51. The maximum Gasteiger partial charge on any atom is 0.341 e. The third-order valence-electron chi connectivity index (χ3n) is 4.90. The van der Waals surface area contributed by atoms with E-state index in [1.54, 1.807) is 23.9 Å². The van der Waals surface area contributed by atoms with Crippen molar-refractivity contribution in [3.63, 3.8) is 0 Å². The summed E-state index contributed by atoms with van der Waals surface area (Å²) in [6, 6.07) is 12.2. The number of hydrogen-bond donors (Lipinski definition) is 2.